The van der Waals surface area contributed by atoms with E-state index in [1.165, 1.54) is 0 Å². The minimum absolute atomic E-state index is 0.0961. The fourth-order valence-electron chi connectivity index (χ4n) is 2.88. The van der Waals surface area contributed by atoms with Gasteiger partial charge in [-0.2, -0.15) is 0 Å². The molecule has 7 nitrogen and oxygen atoms in total. The van der Waals surface area contributed by atoms with Crippen LogP contribution in [0.5, 0.6) is 17.2 Å². The topological polar surface area (TPSA) is 72.9 Å². The molecule has 0 unspecified atom stereocenters. The third kappa shape index (κ3) is 4.36. The Hall–Kier alpha value is -2.96. The maximum absolute atomic E-state index is 12.5. The van der Waals surface area contributed by atoms with Gasteiger partial charge in [-0.15, -0.1) is 0 Å². The van der Waals surface area contributed by atoms with Crippen molar-refractivity contribution < 1.29 is 19.0 Å². The van der Waals surface area contributed by atoms with E-state index < -0.39 is 0 Å². The van der Waals surface area contributed by atoms with Crippen molar-refractivity contribution in [1.29, 1.82) is 0 Å². The lowest BCUT2D eigenvalue weighted by atomic mass is 10.1. The van der Waals surface area contributed by atoms with E-state index >= 15 is 0 Å². The molecule has 0 bridgehead atoms. The number of nitrogens with zero attached hydrogens (tertiary/aromatic N) is 2. The maximum Gasteiger partial charge on any atom is 0.321 e. The second-order valence-corrected chi connectivity index (χ2v) is 5.99. The first-order chi connectivity index (χ1) is 12.7. The molecule has 2 aromatic rings. The fourth-order valence-corrected chi connectivity index (χ4v) is 2.88. The fraction of sp³-hybridized carbons (Fsp3) is 0.368. The van der Waals surface area contributed by atoms with E-state index in [2.05, 4.69) is 10.3 Å². The second kappa shape index (κ2) is 8.42. The molecule has 1 aliphatic heterocycles. The molecule has 1 aliphatic rings. The van der Waals surface area contributed by atoms with Crippen LogP contribution in [0.1, 0.15) is 12.8 Å². The first-order valence-electron chi connectivity index (χ1n) is 8.54. The number of hydrogen-bond donors (Lipinski definition) is 1. The number of likely N-dealkylation sites (tertiary alicyclic amines) is 1. The summed E-state index contributed by atoms with van der Waals surface area (Å²) in [6.07, 6.45) is 5.07. The van der Waals surface area contributed by atoms with Crippen molar-refractivity contribution in [1.82, 2.24) is 9.88 Å². The summed E-state index contributed by atoms with van der Waals surface area (Å²) in [6.45, 7) is 1.27. The summed E-state index contributed by atoms with van der Waals surface area (Å²) in [5, 5.41) is 2.90. The van der Waals surface area contributed by atoms with Crippen LogP contribution in [-0.2, 0) is 0 Å². The maximum atomic E-state index is 12.5. The highest BCUT2D eigenvalue weighted by molar-refractivity contribution is 5.91. The summed E-state index contributed by atoms with van der Waals surface area (Å²) in [5.41, 5.74) is 0.618. The van der Waals surface area contributed by atoms with Crippen LogP contribution in [0.4, 0.5) is 10.5 Å². The van der Waals surface area contributed by atoms with E-state index in [1.807, 2.05) is 12.1 Å². The SMILES string of the molecule is COc1ccc(NC(=O)N2CCC(Oc3cccnc3)CC2)c(OC)c1. The van der Waals surface area contributed by atoms with Crippen LogP contribution in [0, 0.1) is 0 Å². The number of rotatable bonds is 5. The van der Waals surface area contributed by atoms with E-state index in [0.29, 0.717) is 30.3 Å². The van der Waals surface area contributed by atoms with E-state index in [1.54, 1.807) is 49.7 Å². The molecule has 1 aromatic heterocycles. The number of carbonyl (C=O) groups is 1. The highest BCUT2D eigenvalue weighted by Gasteiger charge is 2.24. The highest BCUT2D eigenvalue weighted by atomic mass is 16.5. The van der Waals surface area contributed by atoms with Crippen LogP contribution < -0.4 is 19.5 Å². The first kappa shape index (κ1) is 17.8. The summed E-state index contributed by atoms with van der Waals surface area (Å²) >= 11 is 0. The number of benzene rings is 1. The summed E-state index contributed by atoms with van der Waals surface area (Å²) in [5.74, 6) is 2.00. The van der Waals surface area contributed by atoms with Crippen LogP contribution in [0.2, 0.25) is 0 Å². The number of amides is 2. The number of hydrogen-bond acceptors (Lipinski definition) is 5. The molecule has 0 aliphatic carbocycles. The van der Waals surface area contributed by atoms with Crippen molar-refractivity contribution in [3.8, 4) is 17.2 Å². The van der Waals surface area contributed by atoms with E-state index in [0.717, 1.165) is 18.6 Å². The minimum atomic E-state index is -0.145. The number of ether oxygens (including phenoxy) is 3. The van der Waals surface area contributed by atoms with Crippen molar-refractivity contribution >= 4 is 11.7 Å². The monoisotopic (exact) mass is 357 g/mol. The predicted octanol–water partition coefficient (Wildman–Crippen LogP) is 3.17. The lowest BCUT2D eigenvalue weighted by Crippen LogP contribution is -2.43. The Bertz CT molecular complexity index is 731. The molecule has 26 heavy (non-hydrogen) atoms. The number of piperidine rings is 1. The van der Waals surface area contributed by atoms with Crippen LogP contribution in [0.25, 0.3) is 0 Å². The summed E-state index contributed by atoms with van der Waals surface area (Å²) in [7, 11) is 3.15. The quantitative estimate of drug-likeness (QED) is 0.890. The smallest absolute Gasteiger partial charge is 0.321 e. The standard InChI is InChI=1S/C19H23N3O4/c1-24-15-5-6-17(18(12-15)25-2)21-19(23)22-10-7-14(8-11-22)26-16-4-3-9-20-13-16/h3-6,9,12-14H,7-8,10-11H2,1-2H3,(H,21,23). The number of urea groups is 1. The molecule has 0 spiro atoms. The van der Waals surface area contributed by atoms with Gasteiger partial charge in [0.25, 0.3) is 0 Å². The van der Waals surface area contributed by atoms with Crippen molar-refractivity contribution in [2.75, 3.05) is 32.6 Å². The van der Waals surface area contributed by atoms with Crippen molar-refractivity contribution in [2.45, 2.75) is 18.9 Å². The van der Waals surface area contributed by atoms with Gasteiger partial charge >= 0.3 is 6.03 Å². The number of nitrogens with one attached hydrogen (secondary N) is 1. The normalized spacial score (nSPS) is 14.6. The molecule has 3 rings (SSSR count). The summed E-state index contributed by atoms with van der Waals surface area (Å²) < 4.78 is 16.4. The van der Waals surface area contributed by atoms with Crippen molar-refractivity contribution in [3.63, 3.8) is 0 Å². The largest absolute Gasteiger partial charge is 0.497 e. The van der Waals surface area contributed by atoms with Gasteiger partial charge in [-0.05, 0) is 24.3 Å². The Morgan fingerprint density at radius 1 is 1.15 bits per heavy atom. The van der Waals surface area contributed by atoms with E-state index in [-0.39, 0.29) is 12.1 Å². The Kier molecular flexibility index (Phi) is 5.78. The summed E-state index contributed by atoms with van der Waals surface area (Å²) in [6, 6.07) is 8.89. The lowest BCUT2D eigenvalue weighted by molar-refractivity contribution is 0.115. The van der Waals surface area contributed by atoms with Gasteiger partial charge in [-0.1, -0.05) is 0 Å². The lowest BCUT2D eigenvalue weighted by Gasteiger charge is -2.32. The Balaban J connectivity index is 1.54. The Morgan fingerprint density at radius 2 is 1.96 bits per heavy atom. The van der Waals surface area contributed by atoms with Crippen LogP contribution in [-0.4, -0.2) is 49.3 Å². The van der Waals surface area contributed by atoms with Gasteiger partial charge in [0, 0.05) is 38.2 Å². The molecule has 1 aromatic carbocycles. The number of aromatic nitrogens is 1. The molecule has 7 heteroatoms. The molecular formula is C19H23N3O4. The third-order valence-electron chi connectivity index (χ3n) is 4.32. The van der Waals surface area contributed by atoms with Gasteiger partial charge in [0.15, 0.2) is 0 Å². The number of methoxy groups -OCH3 is 2. The molecule has 138 valence electrons. The molecule has 1 saturated heterocycles. The van der Waals surface area contributed by atoms with E-state index in [9.17, 15) is 4.79 Å². The first-order valence-corrected chi connectivity index (χ1v) is 8.54. The third-order valence-corrected chi connectivity index (χ3v) is 4.32. The zero-order chi connectivity index (χ0) is 18.4. The molecule has 0 atom stereocenters. The highest BCUT2D eigenvalue weighted by Crippen LogP contribution is 2.29. The molecular weight excluding hydrogens is 334 g/mol. The van der Waals surface area contributed by atoms with Gasteiger partial charge in [-0.3, -0.25) is 4.98 Å². The predicted molar refractivity (Wildman–Crippen MR) is 98.0 cm³/mol. The average Bonchev–Trinajstić information content (AvgIpc) is 2.69. The van der Waals surface area contributed by atoms with Crippen molar-refractivity contribution in [3.05, 3.63) is 42.7 Å². The van der Waals surface area contributed by atoms with Gasteiger partial charge < -0.3 is 24.4 Å². The molecule has 1 fully saturated rings. The molecule has 2 heterocycles. The summed E-state index contributed by atoms with van der Waals surface area (Å²) in [4.78, 5) is 18.4. The van der Waals surface area contributed by atoms with Gasteiger partial charge in [0.05, 0.1) is 26.1 Å². The minimum Gasteiger partial charge on any atom is -0.497 e. The molecule has 1 N–H and O–H groups in total. The van der Waals surface area contributed by atoms with Crippen LogP contribution >= 0.6 is 0 Å². The van der Waals surface area contributed by atoms with Gasteiger partial charge in [0.1, 0.15) is 23.4 Å². The van der Waals surface area contributed by atoms with Gasteiger partial charge in [0.2, 0.25) is 0 Å². The molecule has 2 amide bonds. The van der Waals surface area contributed by atoms with Gasteiger partial charge in [-0.25, -0.2) is 4.79 Å². The zero-order valence-corrected chi connectivity index (χ0v) is 15.0. The Labute approximate surface area is 152 Å². The van der Waals surface area contributed by atoms with Crippen LogP contribution in [0.15, 0.2) is 42.7 Å². The number of carbonyl (C=O) groups excluding carboxylic acids is 1. The second-order valence-electron chi connectivity index (χ2n) is 5.99. The average molecular weight is 357 g/mol. The zero-order valence-electron chi connectivity index (χ0n) is 15.0. The number of anilines is 1. The van der Waals surface area contributed by atoms with Crippen molar-refractivity contribution in [2.24, 2.45) is 0 Å². The molecule has 0 radical (unpaired) electrons. The molecule has 0 saturated carbocycles. The van der Waals surface area contributed by atoms with E-state index in [4.69, 9.17) is 14.2 Å². The Morgan fingerprint density at radius 3 is 2.62 bits per heavy atom. The van der Waals surface area contributed by atoms with Crippen LogP contribution in [0.3, 0.4) is 0 Å². The number of pyridine rings is 1.